The maximum absolute atomic E-state index is 14.1. The number of hydrogen-bond acceptors (Lipinski definition) is 4. The zero-order chi connectivity index (χ0) is 23.9. The average Bonchev–Trinajstić information content (AvgIpc) is 3.38. The highest BCUT2D eigenvalue weighted by Gasteiger charge is 2.59. The quantitative estimate of drug-likeness (QED) is 0.465. The molecule has 0 saturated carbocycles. The molecule has 34 heavy (non-hydrogen) atoms. The summed E-state index contributed by atoms with van der Waals surface area (Å²) in [6.07, 6.45) is 0. The monoisotopic (exact) mass is 513 g/mol. The van der Waals surface area contributed by atoms with Crippen LogP contribution in [0.4, 0.5) is 16.2 Å². The Morgan fingerprint density at radius 1 is 1.12 bits per heavy atom. The van der Waals surface area contributed by atoms with Crippen molar-refractivity contribution in [2.45, 2.75) is 11.4 Å². The van der Waals surface area contributed by atoms with Crippen LogP contribution >= 0.6 is 35.0 Å². The number of nitrogens with one attached hydrogen (secondary N) is 1. The maximum Gasteiger partial charge on any atom is 0.323 e. The van der Waals surface area contributed by atoms with Crippen LogP contribution < -0.4 is 15.0 Å². The van der Waals surface area contributed by atoms with E-state index in [0.717, 1.165) is 11.3 Å². The van der Waals surface area contributed by atoms with Gasteiger partial charge in [0.2, 0.25) is 0 Å². The van der Waals surface area contributed by atoms with Crippen molar-refractivity contribution in [3.05, 3.63) is 87.9 Å². The van der Waals surface area contributed by atoms with Gasteiger partial charge in [-0.1, -0.05) is 47.5 Å². The van der Waals surface area contributed by atoms with Crippen LogP contribution in [0.5, 0.6) is 5.75 Å². The summed E-state index contributed by atoms with van der Waals surface area (Å²) in [5.74, 6) is 1.06. The van der Waals surface area contributed by atoms with Crippen molar-refractivity contribution in [2.75, 3.05) is 29.6 Å². The fraction of sp³-hybridized carbons (Fsp3) is 0.200. The Morgan fingerprint density at radius 2 is 1.94 bits per heavy atom. The Bertz CT molecular complexity index is 1290. The fourth-order valence-corrected chi connectivity index (χ4v) is 6.25. The van der Waals surface area contributed by atoms with Crippen LogP contribution in [-0.4, -0.2) is 36.2 Å². The Balaban J connectivity index is 1.53. The van der Waals surface area contributed by atoms with E-state index < -0.39 is 4.87 Å². The molecule has 0 bridgehead atoms. The van der Waals surface area contributed by atoms with Gasteiger partial charge in [0.15, 0.2) is 4.87 Å². The van der Waals surface area contributed by atoms with E-state index in [2.05, 4.69) is 5.32 Å². The Hall–Kier alpha value is -2.87. The summed E-state index contributed by atoms with van der Waals surface area (Å²) in [6, 6.07) is 19.5. The first-order valence-corrected chi connectivity index (χ1v) is 12.4. The predicted molar refractivity (Wildman–Crippen MR) is 137 cm³/mol. The van der Waals surface area contributed by atoms with Gasteiger partial charge in [-0.3, -0.25) is 9.69 Å². The third kappa shape index (κ3) is 3.78. The number of halogens is 2. The molecule has 174 valence electrons. The smallest absolute Gasteiger partial charge is 0.323 e. The minimum absolute atomic E-state index is 0.187. The molecule has 6 nitrogen and oxygen atoms in total. The van der Waals surface area contributed by atoms with Crippen LogP contribution in [-0.2, 0) is 16.2 Å². The lowest BCUT2D eigenvalue weighted by Crippen LogP contribution is -2.51. The van der Waals surface area contributed by atoms with Crippen molar-refractivity contribution < 1.29 is 14.3 Å². The number of ether oxygens (including phenoxy) is 1. The lowest BCUT2D eigenvalue weighted by molar-refractivity contribution is -0.123. The van der Waals surface area contributed by atoms with Crippen LogP contribution in [0.15, 0.2) is 66.7 Å². The van der Waals surface area contributed by atoms with Crippen molar-refractivity contribution in [2.24, 2.45) is 0 Å². The minimum atomic E-state index is -1.20. The largest absolute Gasteiger partial charge is 0.497 e. The lowest BCUT2D eigenvalue weighted by atomic mass is 10.1. The lowest BCUT2D eigenvalue weighted by Gasteiger charge is -2.33. The van der Waals surface area contributed by atoms with Crippen molar-refractivity contribution in [3.63, 3.8) is 0 Å². The summed E-state index contributed by atoms with van der Waals surface area (Å²) < 4.78 is 5.26. The third-order valence-corrected chi connectivity index (χ3v) is 8.03. The van der Waals surface area contributed by atoms with Crippen molar-refractivity contribution in [3.8, 4) is 5.75 Å². The summed E-state index contributed by atoms with van der Waals surface area (Å²) in [4.78, 5) is 29.6. The second-order valence-corrected chi connectivity index (χ2v) is 10.1. The molecule has 2 heterocycles. The summed E-state index contributed by atoms with van der Waals surface area (Å²) in [5, 5.41) is 4.01. The first kappa shape index (κ1) is 22.9. The molecule has 1 atom stereocenters. The summed E-state index contributed by atoms with van der Waals surface area (Å²) in [6.45, 7) is 0.707. The molecule has 5 rings (SSSR count). The number of thioether (sulfide) groups is 1. The second kappa shape index (κ2) is 9.06. The van der Waals surface area contributed by atoms with Gasteiger partial charge >= 0.3 is 6.03 Å². The Morgan fingerprint density at radius 3 is 2.74 bits per heavy atom. The number of fused-ring (bicyclic) bond motifs is 2. The molecule has 9 heteroatoms. The summed E-state index contributed by atoms with van der Waals surface area (Å²) in [5.41, 5.74) is 2.84. The SMILES string of the molecule is COc1cccc(NC(=O)N2CCS[C@]23C(=O)N(Cc2ccccc2Cl)c2ccc(Cl)cc23)c1. The van der Waals surface area contributed by atoms with E-state index in [9.17, 15) is 9.59 Å². The normalized spacial score (nSPS) is 19.0. The molecule has 1 spiro atoms. The van der Waals surface area contributed by atoms with Crippen molar-refractivity contribution >= 4 is 58.3 Å². The average molecular weight is 514 g/mol. The van der Waals surface area contributed by atoms with Crippen LogP contribution in [0.3, 0.4) is 0 Å². The molecule has 1 N–H and O–H groups in total. The zero-order valence-electron chi connectivity index (χ0n) is 18.3. The van der Waals surface area contributed by atoms with Gasteiger partial charge in [0.25, 0.3) is 5.91 Å². The topological polar surface area (TPSA) is 61.9 Å². The van der Waals surface area contributed by atoms with Crippen molar-refractivity contribution in [1.82, 2.24) is 4.90 Å². The first-order chi connectivity index (χ1) is 16.4. The van der Waals surface area contributed by atoms with E-state index in [0.29, 0.717) is 45.9 Å². The number of methoxy groups -OCH3 is 1. The van der Waals surface area contributed by atoms with Crippen LogP contribution in [0, 0.1) is 0 Å². The van der Waals surface area contributed by atoms with Gasteiger partial charge in [0, 0.05) is 39.7 Å². The van der Waals surface area contributed by atoms with Gasteiger partial charge in [0.1, 0.15) is 5.75 Å². The summed E-state index contributed by atoms with van der Waals surface area (Å²) >= 11 is 14.2. The van der Waals surface area contributed by atoms with Crippen LogP contribution in [0.2, 0.25) is 10.0 Å². The number of amides is 3. The van der Waals surface area contributed by atoms with E-state index in [4.69, 9.17) is 27.9 Å². The fourth-order valence-electron chi connectivity index (χ4n) is 4.43. The van der Waals surface area contributed by atoms with Gasteiger partial charge in [-0.2, -0.15) is 0 Å². The summed E-state index contributed by atoms with van der Waals surface area (Å²) in [7, 11) is 1.57. The molecular weight excluding hydrogens is 493 g/mol. The van der Waals surface area contributed by atoms with Gasteiger partial charge < -0.3 is 15.0 Å². The van der Waals surface area contributed by atoms with Gasteiger partial charge in [-0.25, -0.2) is 4.79 Å². The molecule has 0 aliphatic carbocycles. The number of urea groups is 1. The molecule has 0 unspecified atom stereocenters. The van der Waals surface area contributed by atoms with Gasteiger partial charge in [0.05, 0.1) is 19.3 Å². The number of benzene rings is 3. The van der Waals surface area contributed by atoms with Crippen LogP contribution in [0.25, 0.3) is 0 Å². The number of nitrogens with zero attached hydrogens (tertiary/aromatic N) is 2. The number of hydrogen-bond donors (Lipinski definition) is 1. The van der Waals surface area contributed by atoms with E-state index >= 15 is 0 Å². The molecule has 3 aromatic rings. The molecule has 3 aromatic carbocycles. The zero-order valence-corrected chi connectivity index (χ0v) is 20.6. The molecule has 2 aliphatic heterocycles. The number of anilines is 2. The highest BCUT2D eigenvalue weighted by molar-refractivity contribution is 8.01. The number of rotatable bonds is 4. The molecule has 3 amide bonds. The van der Waals surface area contributed by atoms with Gasteiger partial charge in [-0.15, -0.1) is 11.8 Å². The molecule has 0 aromatic heterocycles. The maximum atomic E-state index is 14.1. The highest BCUT2D eigenvalue weighted by Crippen LogP contribution is 2.55. The standard InChI is InChI=1S/C25H21Cl2N3O3S/c1-33-19-7-4-6-18(14-19)28-24(32)30-11-12-34-25(30)20-13-17(26)9-10-22(20)29(23(25)31)15-16-5-2-3-8-21(16)27/h2-10,13-14H,11-12,15H2,1H3,(H,28,32)/t25-/m1/s1. The van der Waals surface area contributed by atoms with E-state index in [-0.39, 0.29) is 11.9 Å². The molecule has 1 saturated heterocycles. The number of carbonyl (C=O) groups is 2. The van der Waals surface area contributed by atoms with Crippen molar-refractivity contribution in [1.29, 1.82) is 0 Å². The molecular formula is C25H21Cl2N3O3S. The molecule has 0 radical (unpaired) electrons. The number of carbonyl (C=O) groups excluding carboxylic acids is 2. The second-order valence-electron chi connectivity index (χ2n) is 7.95. The predicted octanol–water partition coefficient (Wildman–Crippen LogP) is 5.98. The molecule has 1 fully saturated rings. The van der Waals surface area contributed by atoms with Gasteiger partial charge in [-0.05, 0) is 42.0 Å². The molecule has 2 aliphatic rings. The Kier molecular flexibility index (Phi) is 6.10. The van der Waals surface area contributed by atoms with Crippen LogP contribution in [0.1, 0.15) is 11.1 Å². The minimum Gasteiger partial charge on any atom is -0.497 e. The van der Waals surface area contributed by atoms with E-state index in [1.807, 2.05) is 24.3 Å². The van der Waals surface area contributed by atoms with E-state index in [1.165, 1.54) is 11.8 Å². The third-order valence-electron chi connectivity index (χ3n) is 6.01. The highest BCUT2D eigenvalue weighted by atomic mass is 35.5. The first-order valence-electron chi connectivity index (χ1n) is 10.7. The van der Waals surface area contributed by atoms with E-state index in [1.54, 1.807) is 59.4 Å². The Labute approximate surface area is 211 Å².